The van der Waals surface area contributed by atoms with Gasteiger partial charge in [-0.15, -0.1) is 0 Å². The second kappa shape index (κ2) is 9.28. The highest BCUT2D eigenvalue weighted by atomic mass is 16.1. The van der Waals surface area contributed by atoms with E-state index >= 15 is 0 Å². The molecule has 0 radical (unpaired) electrons. The SMILES string of the molecule is C[C@@H](C(N)=O)c1cccc(C(=O)c2ccccc2)c1.Cc1ccncc1. The quantitative estimate of drug-likeness (QED) is 0.728. The number of ketones is 1. The summed E-state index contributed by atoms with van der Waals surface area (Å²) in [4.78, 5) is 27.3. The lowest BCUT2D eigenvalue weighted by Crippen LogP contribution is -2.19. The summed E-state index contributed by atoms with van der Waals surface area (Å²) in [6, 6.07) is 20.0. The van der Waals surface area contributed by atoms with E-state index in [0.717, 1.165) is 5.56 Å². The third kappa shape index (κ3) is 5.38. The van der Waals surface area contributed by atoms with E-state index in [-0.39, 0.29) is 5.78 Å². The summed E-state index contributed by atoms with van der Waals surface area (Å²) in [5, 5.41) is 0. The molecule has 0 saturated heterocycles. The fourth-order valence-corrected chi connectivity index (χ4v) is 2.30. The monoisotopic (exact) mass is 346 g/mol. The van der Waals surface area contributed by atoms with Crippen molar-refractivity contribution in [1.82, 2.24) is 4.98 Å². The summed E-state index contributed by atoms with van der Waals surface area (Å²) in [6.07, 6.45) is 3.57. The van der Waals surface area contributed by atoms with E-state index in [2.05, 4.69) is 4.98 Å². The van der Waals surface area contributed by atoms with Crippen LogP contribution < -0.4 is 5.73 Å². The van der Waals surface area contributed by atoms with Gasteiger partial charge in [0.15, 0.2) is 5.78 Å². The van der Waals surface area contributed by atoms with E-state index in [1.807, 2.05) is 37.3 Å². The fraction of sp³-hybridized carbons (Fsp3) is 0.136. The molecular weight excluding hydrogens is 324 g/mol. The van der Waals surface area contributed by atoms with Gasteiger partial charge in [-0.25, -0.2) is 0 Å². The van der Waals surface area contributed by atoms with E-state index in [0.29, 0.717) is 11.1 Å². The molecule has 3 aromatic rings. The standard InChI is InChI=1S/C16H15NO2.C6H7N/c1-11(16(17)19)13-8-5-9-14(10-13)15(18)12-6-3-2-4-7-12;1-6-2-4-7-5-3-6/h2-11H,1H3,(H2,17,19);2-5H,1H3/t11-;/m1./s1. The van der Waals surface area contributed by atoms with Crippen molar-refractivity contribution in [1.29, 1.82) is 0 Å². The van der Waals surface area contributed by atoms with Crippen molar-refractivity contribution >= 4 is 11.7 Å². The molecule has 1 aromatic heterocycles. The fourth-order valence-electron chi connectivity index (χ4n) is 2.30. The second-order valence-electron chi connectivity index (χ2n) is 5.97. The van der Waals surface area contributed by atoms with E-state index in [1.54, 1.807) is 55.7 Å². The number of rotatable bonds is 4. The Morgan fingerprint density at radius 1 is 0.885 bits per heavy atom. The van der Waals surface area contributed by atoms with Gasteiger partial charge in [-0.05, 0) is 43.2 Å². The van der Waals surface area contributed by atoms with Crippen LogP contribution in [0.3, 0.4) is 0 Å². The molecule has 0 aliphatic carbocycles. The highest BCUT2D eigenvalue weighted by molar-refractivity contribution is 6.09. The Bertz CT molecular complexity index is 862. The molecule has 0 spiro atoms. The Morgan fingerprint density at radius 2 is 1.50 bits per heavy atom. The molecule has 3 rings (SSSR count). The van der Waals surface area contributed by atoms with Gasteiger partial charge in [-0.1, -0.05) is 48.5 Å². The smallest absolute Gasteiger partial charge is 0.224 e. The van der Waals surface area contributed by atoms with Crippen molar-refractivity contribution < 1.29 is 9.59 Å². The summed E-state index contributed by atoms with van der Waals surface area (Å²) >= 11 is 0. The van der Waals surface area contributed by atoms with Gasteiger partial charge in [0.05, 0.1) is 5.92 Å². The predicted octanol–water partition coefficient (Wildman–Crippen LogP) is 3.90. The van der Waals surface area contributed by atoms with Crippen LogP contribution in [0.4, 0.5) is 0 Å². The lowest BCUT2D eigenvalue weighted by molar-refractivity contribution is -0.119. The van der Waals surface area contributed by atoms with Gasteiger partial charge in [-0.3, -0.25) is 14.6 Å². The molecule has 1 heterocycles. The Balaban J connectivity index is 0.000000290. The van der Waals surface area contributed by atoms with Crippen LogP contribution in [0.5, 0.6) is 0 Å². The Labute approximate surface area is 153 Å². The normalized spacial score (nSPS) is 11.0. The molecule has 0 bridgehead atoms. The van der Waals surface area contributed by atoms with Gasteiger partial charge in [0, 0.05) is 23.5 Å². The predicted molar refractivity (Wildman–Crippen MR) is 103 cm³/mol. The van der Waals surface area contributed by atoms with Gasteiger partial charge in [0.1, 0.15) is 0 Å². The number of carbonyl (C=O) groups excluding carboxylic acids is 2. The molecule has 0 saturated carbocycles. The number of benzene rings is 2. The van der Waals surface area contributed by atoms with Gasteiger partial charge in [-0.2, -0.15) is 0 Å². The number of hydrogen-bond acceptors (Lipinski definition) is 3. The number of aryl methyl sites for hydroxylation is 1. The zero-order valence-electron chi connectivity index (χ0n) is 14.9. The summed E-state index contributed by atoms with van der Waals surface area (Å²) in [7, 11) is 0. The minimum absolute atomic E-state index is 0.0564. The lowest BCUT2D eigenvalue weighted by atomic mass is 9.95. The number of aromatic nitrogens is 1. The topological polar surface area (TPSA) is 73.1 Å². The molecular formula is C22H22N2O2. The van der Waals surface area contributed by atoms with Crippen molar-refractivity contribution in [3.05, 3.63) is 101 Å². The third-order valence-corrected chi connectivity index (χ3v) is 3.96. The molecule has 0 aliphatic rings. The molecule has 2 N–H and O–H groups in total. The first-order valence-electron chi connectivity index (χ1n) is 8.34. The average Bonchev–Trinajstić information content (AvgIpc) is 2.68. The molecule has 0 fully saturated rings. The average molecular weight is 346 g/mol. The van der Waals surface area contributed by atoms with E-state index in [9.17, 15) is 9.59 Å². The van der Waals surface area contributed by atoms with Crippen LogP contribution in [0.2, 0.25) is 0 Å². The summed E-state index contributed by atoms with van der Waals surface area (Å²) in [5.74, 6) is -0.855. The van der Waals surface area contributed by atoms with Crippen LogP contribution in [-0.4, -0.2) is 16.7 Å². The number of carbonyl (C=O) groups is 2. The van der Waals surface area contributed by atoms with E-state index in [1.165, 1.54) is 5.56 Å². The third-order valence-electron chi connectivity index (χ3n) is 3.96. The molecule has 4 nitrogen and oxygen atoms in total. The van der Waals surface area contributed by atoms with Crippen LogP contribution in [-0.2, 0) is 4.79 Å². The van der Waals surface area contributed by atoms with Crippen LogP contribution in [0.15, 0.2) is 79.1 Å². The van der Waals surface area contributed by atoms with Crippen molar-refractivity contribution in [2.24, 2.45) is 5.73 Å². The summed E-state index contributed by atoms with van der Waals surface area (Å²) in [5.41, 5.74) is 8.50. The largest absolute Gasteiger partial charge is 0.369 e. The maximum absolute atomic E-state index is 12.3. The number of hydrogen-bond donors (Lipinski definition) is 1. The van der Waals surface area contributed by atoms with Crippen LogP contribution in [0.1, 0.15) is 39.9 Å². The molecule has 0 aliphatic heterocycles. The highest BCUT2D eigenvalue weighted by Gasteiger charge is 2.14. The van der Waals surface area contributed by atoms with Crippen LogP contribution >= 0.6 is 0 Å². The van der Waals surface area contributed by atoms with Gasteiger partial charge >= 0.3 is 0 Å². The molecule has 1 atom stereocenters. The van der Waals surface area contributed by atoms with Crippen molar-refractivity contribution in [3.8, 4) is 0 Å². The molecule has 132 valence electrons. The van der Waals surface area contributed by atoms with Gasteiger partial charge in [0.25, 0.3) is 0 Å². The van der Waals surface area contributed by atoms with Crippen molar-refractivity contribution in [3.63, 3.8) is 0 Å². The van der Waals surface area contributed by atoms with Crippen LogP contribution in [0, 0.1) is 6.92 Å². The molecule has 1 amide bonds. The first kappa shape index (κ1) is 19.1. The molecule has 26 heavy (non-hydrogen) atoms. The first-order valence-corrected chi connectivity index (χ1v) is 8.34. The van der Waals surface area contributed by atoms with E-state index < -0.39 is 11.8 Å². The maximum Gasteiger partial charge on any atom is 0.224 e. The second-order valence-corrected chi connectivity index (χ2v) is 5.97. The number of primary amides is 1. The number of nitrogens with two attached hydrogens (primary N) is 1. The first-order chi connectivity index (χ1) is 12.5. The summed E-state index contributed by atoms with van der Waals surface area (Å²) < 4.78 is 0. The maximum atomic E-state index is 12.3. The molecule has 0 unspecified atom stereocenters. The Morgan fingerprint density at radius 3 is 2.04 bits per heavy atom. The highest BCUT2D eigenvalue weighted by Crippen LogP contribution is 2.18. The number of amides is 1. The lowest BCUT2D eigenvalue weighted by Gasteiger charge is -2.09. The van der Waals surface area contributed by atoms with Gasteiger partial charge in [0.2, 0.25) is 5.91 Å². The van der Waals surface area contributed by atoms with Crippen LogP contribution in [0.25, 0.3) is 0 Å². The Hall–Kier alpha value is -3.27. The molecule has 4 heteroatoms. The zero-order valence-corrected chi connectivity index (χ0v) is 14.9. The van der Waals surface area contributed by atoms with Gasteiger partial charge < -0.3 is 5.73 Å². The van der Waals surface area contributed by atoms with Crippen molar-refractivity contribution in [2.75, 3.05) is 0 Å². The number of pyridine rings is 1. The van der Waals surface area contributed by atoms with E-state index in [4.69, 9.17) is 5.73 Å². The van der Waals surface area contributed by atoms with Crippen molar-refractivity contribution in [2.45, 2.75) is 19.8 Å². The summed E-state index contributed by atoms with van der Waals surface area (Å²) in [6.45, 7) is 3.77. The minimum atomic E-state index is -0.400. The zero-order chi connectivity index (χ0) is 18.9. The Kier molecular flexibility index (Phi) is 6.80. The molecule has 2 aromatic carbocycles. The number of nitrogens with zero attached hydrogens (tertiary/aromatic N) is 1. The minimum Gasteiger partial charge on any atom is -0.369 e.